The van der Waals surface area contributed by atoms with E-state index in [4.69, 9.17) is 0 Å². The van der Waals surface area contributed by atoms with Crippen LogP contribution in [0.2, 0.25) is 0 Å². The number of carbonyl (C=O) groups is 2. The van der Waals surface area contributed by atoms with E-state index in [2.05, 4.69) is 20.3 Å². The van der Waals surface area contributed by atoms with Crippen molar-refractivity contribution in [2.24, 2.45) is 0 Å². The minimum absolute atomic E-state index is 0.141. The number of carbonyl (C=O) groups excluding carboxylic acids is 2. The van der Waals surface area contributed by atoms with Crippen molar-refractivity contribution in [2.45, 2.75) is 6.92 Å². The van der Waals surface area contributed by atoms with Gasteiger partial charge in [0, 0.05) is 12.3 Å². The molecule has 1 amide bonds. The number of amides is 1. The van der Waals surface area contributed by atoms with Gasteiger partial charge in [-0.1, -0.05) is 12.1 Å². The summed E-state index contributed by atoms with van der Waals surface area (Å²) in [5.41, 5.74) is 1.91. The van der Waals surface area contributed by atoms with Crippen molar-refractivity contribution in [3.05, 3.63) is 47.2 Å². The molecule has 3 rings (SSSR count). The van der Waals surface area contributed by atoms with E-state index in [1.54, 1.807) is 11.4 Å². The Bertz CT molecular complexity index is 844. The van der Waals surface area contributed by atoms with Crippen LogP contribution in [0, 0.1) is 0 Å². The highest BCUT2D eigenvalue weighted by atomic mass is 32.1. The molecule has 0 radical (unpaired) electrons. The molecule has 0 bridgehead atoms. The number of anilines is 1. The van der Waals surface area contributed by atoms with Gasteiger partial charge in [0.05, 0.1) is 17.2 Å². The van der Waals surface area contributed by atoms with Gasteiger partial charge in [0.15, 0.2) is 10.9 Å². The van der Waals surface area contributed by atoms with Crippen LogP contribution in [0.4, 0.5) is 5.13 Å². The largest absolute Gasteiger partial charge is 0.296 e. The summed E-state index contributed by atoms with van der Waals surface area (Å²) in [6, 6.07) is 7.30. The summed E-state index contributed by atoms with van der Waals surface area (Å²) in [6.07, 6.45) is 1.41. The number of ketones is 1. The molecule has 21 heavy (non-hydrogen) atoms. The molecule has 2 heterocycles. The van der Waals surface area contributed by atoms with E-state index in [1.807, 2.05) is 18.2 Å². The van der Waals surface area contributed by atoms with Gasteiger partial charge in [0.1, 0.15) is 11.4 Å². The average molecular weight is 298 g/mol. The first-order valence-electron chi connectivity index (χ1n) is 6.13. The molecule has 7 heteroatoms. The van der Waals surface area contributed by atoms with Gasteiger partial charge in [0.25, 0.3) is 5.91 Å². The molecule has 0 unspecified atom stereocenters. The number of rotatable bonds is 3. The second-order valence-electron chi connectivity index (χ2n) is 4.29. The van der Waals surface area contributed by atoms with Crippen LogP contribution in [0.25, 0.3) is 11.0 Å². The lowest BCUT2D eigenvalue weighted by Crippen LogP contribution is -2.14. The zero-order chi connectivity index (χ0) is 14.8. The van der Waals surface area contributed by atoms with Crippen LogP contribution in [-0.4, -0.2) is 26.6 Å². The monoisotopic (exact) mass is 298 g/mol. The summed E-state index contributed by atoms with van der Waals surface area (Å²) >= 11 is 1.19. The maximum Gasteiger partial charge on any atom is 0.277 e. The zero-order valence-corrected chi connectivity index (χ0v) is 11.8. The van der Waals surface area contributed by atoms with Gasteiger partial charge in [-0.05, 0) is 12.1 Å². The standard InChI is InChI=1S/C14H10N4O2S/c1-8(19)12-7-21-14(17-12)18-13(20)11-6-15-9-4-2-3-5-10(9)16-11/h2-7H,1H3,(H,17,18,20). The third-order valence-corrected chi connectivity index (χ3v) is 3.52. The third kappa shape index (κ3) is 2.77. The summed E-state index contributed by atoms with van der Waals surface area (Å²) in [4.78, 5) is 35.7. The first kappa shape index (κ1) is 13.3. The minimum atomic E-state index is -0.405. The van der Waals surface area contributed by atoms with E-state index in [0.717, 1.165) is 5.52 Å². The van der Waals surface area contributed by atoms with Crippen molar-refractivity contribution < 1.29 is 9.59 Å². The minimum Gasteiger partial charge on any atom is -0.296 e. The summed E-state index contributed by atoms with van der Waals surface area (Å²) in [7, 11) is 0. The molecule has 0 atom stereocenters. The summed E-state index contributed by atoms with van der Waals surface area (Å²) in [5, 5.41) is 4.57. The molecule has 1 N–H and O–H groups in total. The van der Waals surface area contributed by atoms with Crippen LogP contribution in [0.15, 0.2) is 35.8 Å². The Hall–Kier alpha value is -2.67. The quantitative estimate of drug-likeness (QED) is 0.751. The van der Waals surface area contributed by atoms with E-state index >= 15 is 0 Å². The maximum absolute atomic E-state index is 12.1. The highest BCUT2D eigenvalue weighted by Crippen LogP contribution is 2.17. The third-order valence-electron chi connectivity index (χ3n) is 2.77. The fraction of sp³-hybridized carbons (Fsp3) is 0.0714. The number of nitrogens with one attached hydrogen (secondary N) is 1. The van der Waals surface area contributed by atoms with Gasteiger partial charge < -0.3 is 0 Å². The van der Waals surface area contributed by atoms with E-state index in [1.165, 1.54) is 24.5 Å². The highest BCUT2D eigenvalue weighted by molar-refractivity contribution is 7.14. The number of nitrogens with zero attached hydrogens (tertiary/aromatic N) is 3. The molecule has 6 nitrogen and oxygen atoms in total. The number of para-hydroxylation sites is 2. The molecule has 0 aliphatic carbocycles. The van der Waals surface area contributed by atoms with Gasteiger partial charge >= 0.3 is 0 Å². The van der Waals surface area contributed by atoms with E-state index in [0.29, 0.717) is 16.3 Å². The topological polar surface area (TPSA) is 84.8 Å². The van der Waals surface area contributed by atoms with Gasteiger partial charge in [-0.15, -0.1) is 11.3 Å². The van der Waals surface area contributed by atoms with Crippen molar-refractivity contribution in [3.8, 4) is 0 Å². The van der Waals surface area contributed by atoms with Crippen LogP contribution >= 0.6 is 11.3 Å². The lowest BCUT2D eigenvalue weighted by molar-refractivity contribution is 0.100. The number of Topliss-reactive ketones (excluding diaryl/α,β-unsaturated/α-hetero) is 1. The molecule has 0 aliphatic heterocycles. The molecule has 2 aromatic heterocycles. The van der Waals surface area contributed by atoms with Crippen molar-refractivity contribution >= 4 is 39.2 Å². The Morgan fingerprint density at radius 3 is 2.57 bits per heavy atom. The molecule has 0 fully saturated rings. The Morgan fingerprint density at radius 1 is 1.10 bits per heavy atom. The second-order valence-corrected chi connectivity index (χ2v) is 5.15. The van der Waals surface area contributed by atoms with E-state index < -0.39 is 5.91 Å². The number of fused-ring (bicyclic) bond motifs is 1. The lowest BCUT2D eigenvalue weighted by atomic mass is 10.3. The van der Waals surface area contributed by atoms with Gasteiger partial charge in [-0.25, -0.2) is 9.97 Å². The summed E-state index contributed by atoms with van der Waals surface area (Å²) in [5.74, 6) is -0.546. The Kier molecular flexibility index (Phi) is 3.41. The summed E-state index contributed by atoms with van der Waals surface area (Å²) < 4.78 is 0. The van der Waals surface area contributed by atoms with Crippen molar-refractivity contribution in [1.82, 2.24) is 15.0 Å². The van der Waals surface area contributed by atoms with Crippen LogP contribution in [0.1, 0.15) is 27.9 Å². The fourth-order valence-electron chi connectivity index (χ4n) is 1.72. The van der Waals surface area contributed by atoms with Crippen molar-refractivity contribution in [3.63, 3.8) is 0 Å². The molecular formula is C14H10N4O2S. The van der Waals surface area contributed by atoms with Crippen LogP contribution < -0.4 is 5.32 Å². The molecule has 0 saturated carbocycles. The van der Waals surface area contributed by atoms with Crippen LogP contribution in [0.5, 0.6) is 0 Å². The number of hydrogen-bond donors (Lipinski definition) is 1. The molecule has 0 saturated heterocycles. The Labute approximate surface area is 123 Å². The van der Waals surface area contributed by atoms with Crippen molar-refractivity contribution in [1.29, 1.82) is 0 Å². The Balaban J connectivity index is 1.84. The Morgan fingerprint density at radius 2 is 1.86 bits per heavy atom. The SMILES string of the molecule is CC(=O)c1csc(NC(=O)c2cnc3ccccc3n2)n1. The van der Waals surface area contributed by atoms with E-state index in [-0.39, 0.29) is 11.5 Å². The molecule has 0 aliphatic rings. The van der Waals surface area contributed by atoms with Gasteiger partial charge in [0.2, 0.25) is 0 Å². The fourth-order valence-corrected chi connectivity index (χ4v) is 2.47. The maximum atomic E-state index is 12.1. The molecule has 1 aromatic carbocycles. The molecule has 3 aromatic rings. The predicted octanol–water partition coefficient (Wildman–Crippen LogP) is 2.54. The van der Waals surface area contributed by atoms with Crippen LogP contribution in [0.3, 0.4) is 0 Å². The molecule has 0 spiro atoms. The van der Waals surface area contributed by atoms with Crippen LogP contribution in [-0.2, 0) is 0 Å². The second kappa shape index (κ2) is 5.37. The lowest BCUT2D eigenvalue weighted by Gasteiger charge is -2.02. The normalized spacial score (nSPS) is 10.5. The zero-order valence-electron chi connectivity index (χ0n) is 11.0. The average Bonchev–Trinajstić information content (AvgIpc) is 2.95. The number of hydrogen-bond acceptors (Lipinski definition) is 6. The molecule has 104 valence electrons. The predicted molar refractivity (Wildman–Crippen MR) is 79.6 cm³/mol. The van der Waals surface area contributed by atoms with Gasteiger partial charge in [-0.2, -0.15) is 0 Å². The number of aromatic nitrogens is 3. The van der Waals surface area contributed by atoms with Crippen molar-refractivity contribution in [2.75, 3.05) is 5.32 Å². The summed E-state index contributed by atoms with van der Waals surface area (Å²) in [6.45, 7) is 1.43. The number of thiazole rings is 1. The number of benzene rings is 1. The van der Waals surface area contributed by atoms with E-state index in [9.17, 15) is 9.59 Å². The molecular weight excluding hydrogens is 288 g/mol. The van der Waals surface area contributed by atoms with Gasteiger partial charge in [-0.3, -0.25) is 19.9 Å². The first-order chi connectivity index (χ1) is 10.1. The first-order valence-corrected chi connectivity index (χ1v) is 7.01. The highest BCUT2D eigenvalue weighted by Gasteiger charge is 2.12. The smallest absolute Gasteiger partial charge is 0.277 e.